The monoisotopic (exact) mass is 444 g/mol. The Morgan fingerprint density at radius 1 is 1.13 bits per heavy atom. The third kappa shape index (κ3) is 3.74. The molecule has 5 nitrogen and oxygen atoms in total. The first-order valence-electron chi connectivity index (χ1n) is 10.0. The first kappa shape index (κ1) is 20.9. The van der Waals surface area contributed by atoms with Crippen LogP contribution in [0, 0.1) is 12.8 Å². The van der Waals surface area contributed by atoms with E-state index in [0.717, 1.165) is 42.4 Å². The Balaban J connectivity index is 1.96. The van der Waals surface area contributed by atoms with Gasteiger partial charge in [-0.3, -0.25) is 4.98 Å². The van der Waals surface area contributed by atoms with Crippen molar-refractivity contribution in [3.05, 3.63) is 53.2 Å². The number of sulfone groups is 1. The maximum atomic E-state index is 13.7. The minimum absolute atomic E-state index is 0.175. The number of pyridine rings is 1. The first-order chi connectivity index (χ1) is 14.3. The van der Waals surface area contributed by atoms with Gasteiger partial charge in [-0.1, -0.05) is 24.6 Å². The van der Waals surface area contributed by atoms with E-state index in [1.165, 1.54) is 12.3 Å². The number of aromatic nitrogens is 1. The Morgan fingerprint density at radius 2 is 1.87 bits per heavy atom. The molecule has 0 saturated carbocycles. The Morgan fingerprint density at radius 3 is 2.53 bits per heavy atom. The second kappa shape index (κ2) is 8.08. The van der Waals surface area contributed by atoms with Crippen LogP contribution in [0.15, 0.2) is 52.4 Å². The van der Waals surface area contributed by atoms with Gasteiger partial charge >= 0.3 is 0 Å². The van der Waals surface area contributed by atoms with Crippen molar-refractivity contribution in [3.63, 3.8) is 0 Å². The van der Waals surface area contributed by atoms with Crippen LogP contribution < -0.4 is 9.64 Å². The van der Waals surface area contributed by atoms with E-state index in [0.29, 0.717) is 22.4 Å². The zero-order valence-electron chi connectivity index (χ0n) is 17.4. The number of benzene rings is 2. The Labute approximate surface area is 182 Å². The van der Waals surface area contributed by atoms with E-state index in [1.54, 1.807) is 19.2 Å². The summed E-state index contributed by atoms with van der Waals surface area (Å²) in [5, 5.41) is 1.21. The van der Waals surface area contributed by atoms with Crippen molar-refractivity contribution in [2.75, 3.05) is 25.1 Å². The van der Waals surface area contributed by atoms with Crippen LogP contribution in [0.25, 0.3) is 10.9 Å². The predicted molar refractivity (Wildman–Crippen MR) is 121 cm³/mol. The molecular weight excluding hydrogens is 420 g/mol. The zero-order valence-corrected chi connectivity index (χ0v) is 18.9. The van der Waals surface area contributed by atoms with Gasteiger partial charge in [0.05, 0.1) is 23.2 Å². The molecule has 0 unspecified atom stereocenters. The first-order valence-corrected chi connectivity index (χ1v) is 11.9. The van der Waals surface area contributed by atoms with Gasteiger partial charge in [-0.25, -0.2) is 8.42 Å². The molecule has 0 atom stereocenters. The van der Waals surface area contributed by atoms with Gasteiger partial charge in [-0.15, -0.1) is 0 Å². The molecule has 3 aromatic rings. The van der Waals surface area contributed by atoms with Crippen molar-refractivity contribution in [2.24, 2.45) is 5.92 Å². The zero-order chi connectivity index (χ0) is 21.5. The van der Waals surface area contributed by atoms with Crippen molar-refractivity contribution in [3.8, 4) is 5.75 Å². The van der Waals surface area contributed by atoms with Crippen LogP contribution >= 0.6 is 11.6 Å². The van der Waals surface area contributed by atoms with Crippen LogP contribution in [0.5, 0.6) is 5.75 Å². The van der Waals surface area contributed by atoms with Gasteiger partial charge in [0, 0.05) is 29.7 Å². The number of halogens is 1. The quantitative estimate of drug-likeness (QED) is 0.548. The summed E-state index contributed by atoms with van der Waals surface area (Å²) in [6.07, 6.45) is 3.51. The standard InChI is InChI=1S/C23H25ClN2O3S/c1-15-8-10-26(11-9-15)23-19-12-17(29-3)5-7-21(19)25-14-22(23)30(27,28)18-6-4-16(2)20(24)13-18/h4-7,12-15H,8-11H2,1-3H3. The molecule has 2 aromatic carbocycles. The van der Waals surface area contributed by atoms with Crippen LogP contribution in [0.2, 0.25) is 5.02 Å². The van der Waals surface area contributed by atoms with Crippen LogP contribution in [0.3, 0.4) is 0 Å². The average Bonchev–Trinajstić information content (AvgIpc) is 2.75. The van der Waals surface area contributed by atoms with Crippen molar-refractivity contribution < 1.29 is 13.2 Å². The number of methoxy groups -OCH3 is 1. The lowest BCUT2D eigenvalue weighted by Gasteiger charge is -2.34. The van der Waals surface area contributed by atoms with E-state index in [9.17, 15) is 8.42 Å². The molecule has 1 aliphatic heterocycles. The summed E-state index contributed by atoms with van der Waals surface area (Å²) in [5.74, 6) is 1.30. The van der Waals surface area contributed by atoms with Crippen molar-refractivity contribution in [2.45, 2.75) is 36.5 Å². The van der Waals surface area contributed by atoms with Gasteiger partial charge < -0.3 is 9.64 Å². The number of hydrogen-bond acceptors (Lipinski definition) is 5. The molecular formula is C23H25ClN2O3S. The van der Waals surface area contributed by atoms with Crippen molar-refractivity contribution >= 4 is 38.0 Å². The number of rotatable bonds is 4. The van der Waals surface area contributed by atoms with E-state index in [2.05, 4.69) is 16.8 Å². The fourth-order valence-electron chi connectivity index (χ4n) is 3.89. The molecule has 0 bridgehead atoms. The van der Waals surface area contributed by atoms with Gasteiger partial charge in [-0.2, -0.15) is 0 Å². The van der Waals surface area contributed by atoms with Crippen LogP contribution in [0.1, 0.15) is 25.3 Å². The van der Waals surface area contributed by atoms with Crippen LogP contribution in [0.4, 0.5) is 5.69 Å². The van der Waals surface area contributed by atoms with E-state index < -0.39 is 9.84 Å². The minimum atomic E-state index is -3.81. The normalized spacial score (nSPS) is 15.5. The summed E-state index contributed by atoms with van der Waals surface area (Å²) >= 11 is 6.24. The van der Waals surface area contributed by atoms with Crippen LogP contribution in [-0.4, -0.2) is 33.6 Å². The van der Waals surface area contributed by atoms with Gasteiger partial charge in [0.25, 0.3) is 0 Å². The molecule has 0 radical (unpaired) electrons. The Bertz CT molecular complexity index is 1200. The number of ether oxygens (including phenoxy) is 1. The highest BCUT2D eigenvalue weighted by atomic mass is 35.5. The molecule has 0 aliphatic carbocycles. The lowest BCUT2D eigenvalue weighted by molar-refractivity contribution is 0.415. The minimum Gasteiger partial charge on any atom is -0.497 e. The third-order valence-electron chi connectivity index (χ3n) is 5.86. The Kier molecular flexibility index (Phi) is 5.64. The number of anilines is 1. The van der Waals surface area contributed by atoms with E-state index in [-0.39, 0.29) is 9.79 Å². The molecule has 7 heteroatoms. The largest absolute Gasteiger partial charge is 0.497 e. The maximum absolute atomic E-state index is 13.7. The number of piperidine rings is 1. The predicted octanol–water partition coefficient (Wildman–Crippen LogP) is 5.27. The molecule has 0 spiro atoms. The number of hydrogen-bond donors (Lipinski definition) is 0. The maximum Gasteiger partial charge on any atom is 0.210 e. The molecule has 2 heterocycles. The molecule has 1 aromatic heterocycles. The lowest BCUT2D eigenvalue weighted by Crippen LogP contribution is -2.34. The summed E-state index contributed by atoms with van der Waals surface area (Å²) < 4.78 is 32.7. The van der Waals surface area contributed by atoms with Gasteiger partial charge in [-0.05, 0) is 61.6 Å². The van der Waals surface area contributed by atoms with Gasteiger partial charge in [0.2, 0.25) is 9.84 Å². The molecule has 1 saturated heterocycles. The number of fused-ring (bicyclic) bond motifs is 1. The number of nitrogens with zero attached hydrogens (tertiary/aromatic N) is 2. The molecule has 1 aliphatic rings. The summed E-state index contributed by atoms with van der Waals surface area (Å²) in [4.78, 5) is 7.02. The highest BCUT2D eigenvalue weighted by molar-refractivity contribution is 7.91. The third-order valence-corrected chi connectivity index (χ3v) is 8.02. The molecule has 0 N–H and O–H groups in total. The summed E-state index contributed by atoms with van der Waals surface area (Å²) in [7, 11) is -2.21. The van der Waals surface area contributed by atoms with E-state index in [1.807, 2.05) is 25.1 Å². The molecule has 1 fully saturated rings. The van der Waals surface area contributed by atoms with Gasteiger partial charge in [0.1, 0.15) is 10.6 Å². The van der Waals surface area contributed by atoms with E-state index in [4.69, 9.17) is 16.3 Å². The molecule has 0 amide bonds. The molecule has 4 rings (SSSR count). The molecule has 30 heavy (non-hydrogen) atoms. The summed E-state index contributed by atoms with van der Waals surface area (Å²) in [6.45, 7) is 5.68. The highest BCUT2D eigenvalue weighted by Crippen LogP contribution is 2.39. The molecule has 158 valence electrons. The lowest BCUT2D eigenvalue weighted by atomic mass is 9.98. The summed E-state index contributed by atoms with van der Waals surface area (Å²) in [5.41, 5.74) is 2.27. The van der Waals surface area contributed by atoms with Crippen molar-refractivity contribution in [1.29, 1.82) is 0 Å². The highest BCUT2D eigenvalue weighted by Gasteiger charge is 2.29. The SMILES string of the molecule is COc1ccc2ncc(S(=O)(=O)c3ccc(C)c(Cl)c3)c(N3CCC(C)CC3)c2c1. The smallest absolute Gasteiger partial charge is 0.210 e. The Hall–Kier alpha value is -2.31. The van der Waals surface area contributed by atoms with Crippen molar-refractivity contribution in [1.82, 2.24) is 4.98 Å². The number of aryl methyl sites for hydroxylation is 1. The van der Waals surface area contributed by atoms with Gasteiger partial charge in [0.15, 0.2) is 0 Å². The average molecular weight is 445 g/mol. The fourth-order valence-corrected chi connectivity index (χ4v) is 5.59. The van der Waals surface area contributed by atoms with E-state index >= 15 is 0 Å². The topological polar surface area (TPSA) is 59.5 Å². The second-order valence-electron chi connectivity index (χ2n) is 7.94. The fraction of sp³-hybridized carbons (Fsp3) is 0.348. The second-order valence-corrected chi connectivity index (χ2v) is 10.3. The summed E-state index contributed by atoms with van der Waals surface area (Å²) in [6, 6.07) is 10.4. The van der Waals surface area contributed by atoms with Crippen LogP contribution in [-0.2, 0) is 9.84 Å².